The van der Waals surface area contributed by atoms with Crippen molar-refractivity contribution in [3.63, 3.8) is 0 Å². The molecule has 2 aromatic rings. The van der Waals surface area contributed by atoms with Crippen LogP contribution in [-0.4, -0.2) is 57.0 Å². The number of urea groups is 1. The summed E-state index contributed by atoms with van der Waals surface area (Å²) < 4.78 is 15.6. The maximum absolute atomic E-state index is 13.7. The molecule has 0 spiro atoms. The minimum atomic E-state index is -0.294. The topological polar surface area (TPSA) is 66.3 Å². The average molecular weight is 386 g/mol. The standard InChI is InChI=1S/C20H27FN6O/c21-19-6-2-1-5-16(19)13-22-20(28)26-11-7-18(8-12-26)27-15-17(23-24-27)14-25-9-3-4-10-25/h1-2,5-6,15,18H,3-4,7-14H2,(H,22,28). The van der Waals surface area contributed by atoms with E-state index in [1.807, 2.05) is 4.68 Å². The Kier molecular flexibility index (Phi) is 5.85. The number of carbonyl (C=O) groups excluding carboxylic acids is 1. The van der Waals surface area contributed by atoms with Crippen LogP contribution in [0, 0.1) is 5.82 Å². The molecule has 2 fully saturated rings. The van der Waals surface area contributed by atoms with Crippen LogP contribution in [0.15, 0.2) is 30.5 Å². The minimum Gasteiger partial charge on any atom is -0.334 e. The largest absolute Gasteiger partial charge is 0.334 e. The number of nitrogens with one attached hydrogen (secondary N) is 1. The van der Waals surface area contributed by atoms with Gasteiger partial charge in [0.15, 0.2) is 0 Å². The van der Waals surface area contributed by atoms with Crippen molar-refractivity contribution in [3.8, 4) is 0 Å². The first-order valence-corrected chi connectivity index (χ1v) is 10.1. The summed E-state index contributed by atoms with van der Waals surface area (Å²) in [5, 5.41) is 11.5. The highest BCUT2D eigenvalue weighted by atomic mass is 19.1. The highest BCUT2D eigenvalue weighted by molar-refractivity contribution is 5.74. The molecule has 2 saturated heterocycles. The van der Waals surface area contributed by atoms with Gasteiger partial charge in [0.05, 0.1) is 17.9 Å². The summed E-state index contributed by atoms with van der Waals surface area (Å²) in [5.41, 5.74) is 1.52. The number of aromatic nitrogens is 3. The number of amides is 2. The molecule has 0 saturated carbocycles. The van der Waals surface area contributed by atoms with E-state index in [0.29, 0.717) is 18.7 Å². The molecule has 0 bridgehead atoms. The van der Waals surface area contributed by atoms with Crippen LogP contribution in [0.5, 0.6) is 0 Å². The molecule has 150 valence electrons. The van der Waals surface area contributed by atoms with Gasteiger partial charge in [0.25, 0.3) is 0 Å². The maximum atomic E-state index is 13.7. The minimum absolute atomic E-state index is 0.144. The summed E-state index contributed by atoms with van der Waals surface area (Å²) in [4.78, 5) is 16.6. The lowest BCUT2D eigenvalue weighted by Gasteiger charge is -2.31. The third-order valence-electron chi connectivity index (χ3n) is 5.66. The number of likely N-dealkylation sites (tertiary alicyclic amines) is 2. The zero-order valence-corrected chi connectivity index (χ0v) is 16.1. The van der Waals surface area contributed by atoms with Crippen LogP contribution < -0.4 is 5.32 Å². The second-order valence-corrected chi connectivity index (χ2v) is 7.64. The van der Waals surface area contributed by atoms with E-state index in [2.05, 4.69) is 26.7 Å². The lowest BCUT2D eigenvalue weighted by atomic mass is 10.1. The lowest BCUT2D eigenvalue weighted by molar-refractivity contribution is 0.167. The van der Waals surface area contributed by atoms with Crippen LogP contribution in [0.25, 0.3) is 0 Å². The summed E-state index contributed by atoms with van der Waals surface area (Å²) in [6, 6.07) is 6.64. The Morgan fingerprint density at radius 1 is 1.14 bits per heavy atom. The molecule has 4 rings (SSSR count). The number of rotatable bonds is 5. The van der Waals surface area contributed by atoms with Crippen LogP contribution in [0.3, 0.4) is 0 Å². The summed E-state index contributed by atoms with van der Waals surface area (Å²) in [7, 11) is 0. The van der Waals surface area contributed by atoms with Crippen LogP contribution in [0.1, 0.15) is 43.0 Å². The van der Waals surface area contributed by atoms with Gasteiger partial charge in [0.1, 0.15) is 5.82 Å². The van der Waals surface area contributed by atoms with E-state index in [-0.39, 0.29) is 24.4 Å². The van der Waals surface area contributed by atoms with Crippen LogP contribution in [0.4, 0.5) is 9.18 Å². The SMILES string of the molecule is O=C(NCc1ccccc1F)N1CCC(n2cc(CN3CCCC3)nn2)CC1. The van der Waals surface area contributed by atoms with Crippen molar-refractivity contribution in [3.05, 3.63) is 47.5 Å². The molecule has 7 nitrogen and oxygen atoms in total. The quantitative estimate of drug-likeness (QED) is 0.858. The summed E-state index contributed by atoms with van der Waals surface area (Å²) in [6.45, 7) is 4.69. The first kappa shape index (κ1) is 18.9. The van der Waals surface area contributed by atoms with Crippen molar-refractivity contribution in [2.75, 3.05) is 26.2 Å². The third-order valence-corrected chi connectivity index (χ3v) is 5.66. The Labute approximate surface area is 164 Å². The predicted molar refractivity (Wildman–Crippen MR) is 103 cm³/mol. The van der Waals surface area contributed by atoms with Gasteiger partial charge >= 0.3 is 6.03 Å². The van der Waals surface area contributed by atoms with Gasteiger partial charge in [0, 0.05) is 31.7 Å². The fraction of sp³-hybridized carbons (Fsp3) is 0.550. The van der Waals surface area contributed by atoms with Crippen molar-refractivity contribution in [2.24, 2.45) is 0 Å². The summed E-state index contributed by atoms with van der Waals surface area (Å²) in [5.74, 6) is -0.294. The fourth-order valence-corrected chi connectivity index (χ4v) is 3.99. The van der Waals surface area contributed by atoms with Gasteiger partial charge in [-0.2, -0.15) is 0 Å². The first-order valence-electron chi connectivity index (χ1n) is 10.1. The molecule has 3 heterocycles. The number of carbonyl (C=O) groups is 1. The Morgan fingerprint density at radius 3 is 2.64 bits per heavy atom. The van der Waals surface area contributed by atoms with E-state index in [9.17, 15) is 9.18 Å². The van der Waals surface area contributed by atoms with Crippen molar-refractivity contribution in [1.82, 2.24) is 30.1 Å². The number of piperidine rings is 1. The predicted octanol–water partition coefficient (Wildman–Crippen LogP) is 2.56. The van der Waals surface area contributed by atoms with Crippen LogP contribution in [0.2, 0.25) is 0 Å². The number of benzene rings is 1. The van der Waals surface area contributed by atoms with Gasteiger partial charge in [-0.1, -0.05) is 23.4 Å². The molecule has 8 heteroatoms. The Hall–Kier alpha value is -2.48. The summed E-state index contributed by atoms with van der Waals surface area (Å²) >= 11 is 0. The van der Waals surface area contributed by atoms with E-state index < -0.39 is 0 Å². The molecule has 2 amide bonds. The van der Waals surface area contributed by atoms with Crippen molar-refractivity contribution in [2.45, 2.75) is 44.8 Å². The average Bonchev–Trinajstić information content (AvgIpc) is 3.40. The highest BCUT2D eigenvalue weighted by Crippen LogP contribution is 2.22. The second kappa shape index (κ2) is 8.68. The molecule has 0 radical (unpaired) electrons. The van der Waals surface area contributed by atoms with Gasteiger partial charge < -0.3 is 10.2 Å². The Bertz CT molecular complexity index is 795. The molecule has 2 aliphatic heterocycles. The molecule has 2 aliphatic rings. The number of halogens is 1. The number of nitrogens with zero attached hydrogens (tertiary/aromatic N) is 5. The fourth-order valence-electron chi connectivity index (χ4n) is 3.99. The molecule has 0 atom stereocenters. The zero-order valence-electron chi connectivity index (χ0n) is 16.1. The maximum Gasteiger partial charge on any atom is 0.317 e. The Balaban J connectivity index is 1.24. The normalized spacial score (nSPS) is 18.5. The third kappa shape index (κ3) is 4.49. The first-order chi connectivity index (χ1) is 13.7. The van der Waals surface area contributed by atoms with E-state index in [0.717, 1.165) is 38.2 Å². The van der Waals surface area contributed by atoms with Gasteiger partial charge in [-0.15, -0.1) is 5.10 Å². The van der Waals surface area contributed by atoms with Gasteiger partial charge in [-0.05, 0) is 44.8 Å². The van der Waals surface area contributed by atoms with Gasteiger partial charge in [-0.25, -0.2) is 13.9 Å². The lowest BCUT2D eigenvalue weighted by Crippen LogP contribution is -2.44. The number of hydrogen-bond donors (Lipinski definition) is 1. The van der Waals surface area contributed by atoms with Crippen LogP contribution >= 0.6 is 0 Å². The molecule has 0 unspecified atom stereocenters. The van der Waals surface area contributed by atoms with Crippen LogP contribution in [-0.2, 0) is 13.1 Å². The molecule has 1 aromatic carbocycles. The highest BCUT2D eigenvalue weighted by Gasteiger charge is 2.25. The second-order valence-electron chi connectivity index (χ2n) is 7.64. The van der Waals surface area contributed by atoms with Crippen molar-refractivity contribution < 1.29 is 9.18 Å². The van der Waals surface area contributed by atoms with Gasteiger partial charge in [0.2, 0.25) is 0 Å². The zero-order chi connectivity index (χ0) is 19.3. The van der Waals surface area contributed by atoms with Gasteiger partial charge in [-0.3, -0.25) is 4.90 Å². The Morgan fingerprint density at radius 2 is 1.89 bits per heavy atom. The van der Waals surface area contributed by atoms with Crippen molar-refractivity contribution in [1.29, 1.82) is 0 Å². The molecule has 1 N–H and O–H groups in total. The molecular weight excluding hydrogens is 359 g/mol. The van der Waals surface area contributed by atoms with Crippen molar-refractivity contribution >= 4 is 6.03 Å². The molecule has 28 heavy (non-hydrogen) atoms. The van der Waals surface area contributed by atoms with E-state index in [4.69, 9.17) is 0 Å². The molecule has 0 aliphatic carbocycles. The van der Waals surface area contributed by atoms with E-state index in [1.54, 1.807) is 23.1 Å². The molecular formula is C20H27FN6O. The summed E-state index contributed by atoms with van der Waals surface area (Å²) in [6.07, 6.45) is 6.29. The number of hydrogen-bond acceptors (Lipinski definition) is 4. The van der Waals surface area contributed by atoms with E-state index >= 15 is 0 Å². The smallest absolute Gasteiger partial charge is 0.317 e. The molecule has 1 aromatic heterocycles. The monoisotopic (exact) mass is 386 g/mol. The van der Waals surface area contributed by atoms with E-state index in [1.165, 1.54) is 18.9 Å².